The van der Waals surface area contributed by atoms with Crippen LogP contribution in [0.25, 0.3) is 0 Å². The molecular formula is C21H25F3N4O3. The van der Waals surface area contributed by atoms with Crippen molar-refractivity contribution in [3.63, 3.8) is 0 Å². The van der Waals surface area contributed by atoms with Crippen molar-refractivity contribution < 1.29 is 27.6 Å². The molecule has 3 rings (SSSR count). The van der Waals surface area contributed by atoms with Gasteiger partial charge in [-0.15, -0.1) is 0 Å². The van der Waals surface area contributed by atoms with Crippen LogP contribution in [0.4, 0.5) is 18.0 Å². The van der Waals surface area contributed by atoms with E-state index in [-0.39, 0.29) is 23.9 Å². The van der Waals surface area contributed by atoms with Gasteiger partial charge < -0.3 is 15.5 Å². The molecular weight excluding hydrogens is 413 g/mol. The van der Waals surface area contributed by atoms with Crippen LogP contribution in [0, 0.1) is 5.92 Å². The van der Waals surface area contributed by atoms with Crippen LogP contribution in [0.1, 0.15) is 37.9 Å². The van der Waals surface area contributed by atoms with Crippen LogP contribution in [-0.4, -0.2) is 53.8 Å². The Morgan fingerprint density at radius 3 is 2.35 bits per heavy atom. The molecule has 0 bridgehead atoms. The van der Waals surface area contributed by atoms with Gasteiger partial charge in [-0.2, -0.15) is 13.2 Å². The van der Waals surface area contributed by atoms with Gasteiger partial charge in [-0.05, 0) is 30.5 Å². The van der Waals surface area contributed by atoms with E-state index in [0.717, 1.165) is 12.1 Å². The first-order chi connectivity index (χ1) is 14.4. The predicted molar refractivity (Wildman–Crippen MR) is 107 cm³/mol. The second-order valence-corrected chi connectivity index (χ2v) is 8.17. The van der Waals surface area contributed by atoms with Crippen LogP contribution in [0.5, 0.6) is 0 Å². The number of urea groups is 1. The summed E-state index contributed by atoms with van der Waals surface area (Å²) in [6.07, 6.45) is -4.49. The number of benzene rings is 1. The molecule has 0 saturated carbocycles. The van der Waals surface area contributed by atoms with Crippen LogP contribution in [-0.2, 0) is 15.8 Å². The van der Waals surface area contributed by atoms with E-state index in [0.29, 0.717) is 17.8 Å². The van der Waals surface area contributed by atoms with E-state index in [1.807, 2.05) is 13.8 Å². The fraction of sp³-hybridized carbons (Fsp3) is 0.476. The number of likely N-dealkylation sites (N-methyl/N-ethyl adjacent to an activating group) is 1. The van der Waals surface area contributed by atoms with E-state index >= 15 is 0 Å². The summed E-state index contributed by atoms with van der Waals surface area (Å²) in [5, 5.41) is 5.46. The maximum absolute atomic E-state index is 13.2. The average Bonchev–Trinajstić information content (AvgIpc) is 3.05. The molecule has 1 aromatic rings. The molecule has 4 amide bonds. The SMILES string of the molecule is CC(C)CNC(=O)[C@@H](C)N1CC2=C(C1=O)[C@H](c1ccc(C(F)(F)F)cc1)NC(=O)N2C. The Kier molecular flexibility index (Phi) is 6.02. The van der Waals surface area contributed by atoms with Gasteiger partial charge in [-0.25, -0.2) is 4.79 Å². The van der Waals surface area contributed by atoms with Crippen molar-refractivity contribution in [3.8, 4) is 0 Å². The molecule has 0 radical (unpaired) electrons. The third-order valence-electron chi connectivity index (χ3n) is 5.49. The smallest absolute Gasteiger partial charge is 0.354 e. The largest absolute Gasteiger partial charge is 0.416 e. The molecule has 2 heterocycles. The third kappa shape index (κ3) is 4.38. The van der Waals surface area contributed by atoms with Crippen LogP contribution in [0.15, 0.2) is 35.5 Å². The lowest BCUT2D eigenvalue weighted by molar-refractivity contribution is -0.137. The molecule has 7 nitrogen and oxygen atoms in total. The average molecular weight is 438 g/mol. The summed E-state index contributed by atoms with van der Waals surface area (Å²) in [6, 6.07) is 2.18. The number of nitrogens with zero attached hydrogens (tertiary/aromatic N) is 2. The lowest BCUT2D eigenvalue weighted by Crippen LogP contribution is -2.47. The first-order valence-electron chi connectivity index (χ1n) is 9.95. The minimum atomic E-state index is -4.49. The molecule has 1 aromatic carbocycles. The quantitative estimate of drug-likeness (QED) is 0.742. The van der Waals surface area contributed by atoms with E-state index < -0.39 is 35.8 Å². The van der Waals surface area contributed by atoms with Crippen molar-refractivity contribution in [2.75, 3.05) is 20.1 Å². The number of rotatable bonds is 5. The van der Waals surface area contributed by atoms with Gasteiger partial charge in [0.15, 0.2) is 0 Å². The predicted octanol–water partition coefficient (Wildman–Crippen LogP) is 2.66. The second kappa shape index (κ2) is 8.24. The molecule has 31 heavy (non-hydrogen) atoms. The van der Waals surface area contributed by atoms with Gasteiger partial charge in [0.1, 0.15) is 6.04 Å². The minimum absolute atomic E-state index is 0.0610. The van der Waals surface area contributed by atoms with Crippen LogP contribution >= 0.6 is 0 Å². The molecule has 2 aliphatic heterocycles. The number of carbonyl (C=O) groups excluding carboxylic acids is 3. The zero-order chi connectivity index (χ0) is 23.1. The Balaban J connectivity index is 1.89. The molecule has 168 valence electrons. The number of amides is 4. The van der Waals surface area contributed by atoms with Crippen molar-refractivity contribution in [1.82, 2.24) is 20.4 Å². The zero-order valence-corrected chi connectivity index (χ0v) is 17.7. The summed E-state index contributed by atoms with van der Waals surface area (Å²) < 4.78 is 38.7. The zero-order valence-electron chi connectivity index (χ0n) is 17.7. The van der Waals surface area contributed by atoms with Gasteiger partial charge >= 0.3 is 12.2 Å². The standard InChI is InChI=1S/C21H25F3N4O3/c1-11(2)9-25-18(29)12(3)28-10-15-16(19(28)30)17(26-20(31)27(15)4)13-5-7-14(8-6-13)21(22,23)24/h5-8,11-12,17H,9-10H2,1-4H3,(H,25,29)(H,26,31)/t12-,17+/m1/s1. The van der Waals surface area contributed by atoms with Gasteiger partial charge in [0.25, 0.3) is 5.91 Å². The number of halogens is 3. The van der Waals surface area contributed by atoms with Crippen molar-refractivity contribution in [1.29, 1.82) is 0 Å². The van der Waals surface area contributed by atoms with Crippen LogP contribution in [0.3, 0.4) is 0 Å². The maximum atomic E-state index is 13.2. The number of hydrogen-bond donors (Lipinski definition) is 2. The molecule has 0 fully saturated rings. The first-order valence-corrected chi connectivity index (χ1v) is 9.95. The third-order valence-corrected chi connectivity index (χ3v) is 5.49. The van der Waals surface area contributed by atoms with E-state index in [9.17, 15) is 27.6 Å². The lowest BCUT2D eigenvalue weighted by Gasteiger charge is -2.31. The molecule has 2 atom stereocenters. The fourth-order valence-corrected chi connectivity index (χ4v) is 3.61. The van der Waals surface area contributed by atoms with E-state index in [1.54, 1.807) is 6.92 Å². The molecule has 0 spiro atoms. The summed E-state index contributed by atoms with van der Waals surface area (Å²) >= 11 is 0. The number of carbonyl (C=O) groups is 3. The van der Waals surface area contributed by atoms with E-state index in [1.165, 1.54) is 29.0 Å². The van der Waals surface area contributed by atoms with Crippen molar-refractivity contribution in [2.45, 2.75) is 39.0 Å². The Morgan fingerprint density at radius 1 is 1.19 bits per heavy atom. The Bertz CT molecular complexity index is 925. The summed E-state index contributed by atoms with van der Waals surface area (Å²) in [5.74, 6) is -0.498. The number of nitrogens with one attached hydrogen (secondary N) is 2. The minimum Gasteiger partial charge on any atom is -0.354 e. The highest BCUT2D eigenvalue weighted by Gasteiger charge is 2.45. The summed E-state index contributed by atoms with van der Waals surface area (Å²) in [4.78, 5) is 40.8. The topological polar surface area (TPSA) is 81.8 Å². The van der Waals surface area contributed by atoms with E-state index in [4.69, 9.17) is 0 Å². The highest BCUT2D eigenvalue weighted by molar-refractivity contribution is 6.03. The fourth-order valence-electron chi connectivity index (χ4n) is 3.61. The first kappa shape index (κ1) is 22.6. The molecule has 10 heteroatoms. The van der Waals surface area contributed by atoms with Gasteiger partial charge in [-0.1, -0.05) is 26.0 Å². The lowest BCUT2D eigenvalue weighted by atomic mass is 9.95. The normalized spacial score (nSPS) is 20.2. The van der Waals surface area contributed by atoms with Gasteiger partial charge in [0.05, 0.1) is 29.4 Å². The van der Waals surface area contributed by atoms with Crippen molar-refractivity contribution >= 4 is 17.8 Å². The number of hydrogen-bond acceptors (Lipinski definition) is 3. The summed E-state index contributed by atoms with van der Waals surface area (Å²) in [6.45, 7) is 6.03. The van der Waals surface area contributed by atoms with Crippen molar-refractivity contribution in [2.24, 2.45) is 5.92 Å². The maximum Gasteiger partial charge on any atom is 0.416 e. The Hall–Kier alpha value is -3.04. The van der Waals surface area contributed by atoms with Crippen LogP contribution < -0.4 is 10.6 Å². The monoisotopic (exact) mass is 438 g/mol. The molecule has 2 N–H and O–H groups in total. The van der Waals surface area contributed by atoms with Gasteiger partial charge in [0, 0.05) is 13.6 Å². The van der Waals surface area contributed by atoms with Crippen molar-refractivity contribution in [3.05, 3.63) is 46.7 Å². The Labute approximate surface area is 178 Å². The highest BCUT2D eigenvalue weighted by atomic mass is 19.4. The molecule has 0 aromatic heterocycles. The molecule has 0 saturated heterocycles. The van der Waals surface area contributed by atoms with Gasteiger partial charge in [-0.3, -0.25) is 14.5 Å². The Morgan fingerprint density at radius 2 is 1.81 bits per heavy atom. The summed E-state index contributed by atoms with van der Waals surface area (Å²) in [5.41, 5.74) is 0.223. The molecule has 2 aliphatic rings. The number of alkyl halides is 3. The highest BCUT2D eigenvalue weighted by Crippen LogP contribution is 2.37. The molecule has 0 unspecified atom stereocenters. The van der Waals surface area contributed by atoms with E-state index in [2.05, 4.69) is 10.6 Å². The van der Waals surface area contributed by atoms with Gasteiger partial charge in [0.2, 0.25) is 5.91 Å². The van der Waals surface area contributed by atoms with Crippen LogP contribution in [0.2, 0.25) is 0 Å². The second-order valence-electron chi connectivity index (χ2n) is 8.17. The molecule has 0 aliphatic carbocycles. The summed E-state index contributed by atoms with van der Waals surface area (Å²) in [7, 11) is 1.51.